The van der Waals surface area contributed by atoms with Gasteiger partial charge in [0.25, 0.3) is 0 Å². The van der Waals surface area contributed by atoms with Crippen LogP contribution in [0.5, 0.6) is 0 Å². The second kappa shape index (κ2) is 5.16. The molecule has 0 aliphatic heterocycles. The lowest BCUT2D eigenvalue weighted by Crippen LogP contribution is -2.44. The summed E-state index contributed by atoms with van der Waals surface area (Å²) in [7, 11) is 0. The summed E-state index contributed by atoms with van der Waals surface area (Å²) in [4.78, 5) is 22.7. The van der Waals surface area contributed by atoms with Crippen LogP contribution in [0.25, 0.3) is 0 Å². The first-order valence-electron chi connectivity index (χ1n) is 5.65. The second-order valence-electron chi connectivity index (χ2n) is 4.02. The van der Waals surface area contributed by atoms with E-state index in [4.69, 9.17) is 0 Å². The second-order valence-corrected chi connectivity index (χ2v) is 4.02. The number of aryl methyl sites for hydroxylation is 1. The topological polar surface area (TPSA) is 74.6 Å². The molecule has 0 saturated heterocycles. The summed E-state index contributed by atoms with van der Waals surface area (Å²) in [5.74, 6) is -3.37. The van der Waals surface area contributed by atoms with E-state index in [0.29, 0.717) is 12.0 Å². The predicted octanol–water partition coefficient (Wildman–Crippen LogP) is 2.21. The molecular weight excluding hydrogens is 239 g/mol. The van der Waals surface area contributed by atoms with Crippen LogP contribution >= 0.6 is 0 Å². The SMILES string of the molecule is CCc1cc(F)ccc1C(CC)(C(=O)O)C(=O)O. The highest BCUT2D eigenvalue weighted by atomic mass is 19.1. The van der Waals surface area contributed by atoms with Crippen LogP contribution in [0.1, 0.15) is 31.4 Å². The summed E-state index contributed by atoms with van der Waals surface area (Å²) in [6.45, 7) is 3.22. The van der Waals surface area contributed by atoms with Gasteiger partial charge in [0, 0.05) is 0 Å². The minimum Gasteiger partial charge on any atom is -0.480 e. The Kier molecular flexibility index (Phi) is 4.06. The maximum absolute atomic E-state index is 13.1. The number of rotatable bonds is 5. The zero-order valence-electron chi connectivity index (χ0n) is 10.2. The monoisotopic (exact) mass is 254 g/mol. The third kappa shape index (κ3) is 2.08. The van der Waals surface area contributed by atoms with Gasteiger partial charge in [0.1, 0.15) is 5.82 Å². The molecule has 0 unspecified atom stereocenters. The van der Waals surface area contributed by atoms with Crippen molar-refractivity contribution in [1.29, 1.82) is 0 Å². The fourth-order valence-electron chi connectivity index (χ4n) is 2.09. The minimum absolute atomic E-state index is 0.101. The number of carboxylic acid groups (broad SMARTS) is 2. The Balaban J connectivity index is 3.57. The Bertz CT molecular complexity index is 468. The third-order valence-corrected chi connectivity index (χ3v) is 3.17. The van der Waals surface area contributed by atoms with Crippen LogP contribution in [0.4, 0.5) is 4.39 Å². The summed E-state index contributed by atoms with van der Waals surface area (Å²) in [6.07, 6.45) is 0.270. The number of benzene rings is 1. The smallest absolute Gasteiger partial charge is 0.325 e. The van der Waals surface area contributed by atoms with Crippen molar-refractivity contribution >= 4 is 11.9 Å². The van der Waals surface area contributed by atoms with Crippen LogP contribution in [0.15, 0.2) is 18.2 Å². The molecule has 0 aliphatic carbocycles. The van der Waals surface area contributed by atoms with E-state index in [2.05, 4.69) is 0 Å². The van der Waals surface area contributed by atoms with Gasteiger partial charge in [-0.3, -0.25) is 9.59 Å². The van der Waals surface area contributed by atoms with Gasteiger partial charge < -0.3 is 10.2 Å². The molecule has 0 amide bonds. The Morgan fingerprint density at radius 3 is 2.17 bits per heavy atom. The lowest BCUT2D eigenvalue weighted by atomic mass is 9.75. The standard InChI is InChI=1S/C13H15FO4/c1-3-8-7-9(14)5-6-10(8)13(4-2,11(15)16)12(17)18/h5-7H,3-4H2,1-2H3,(H,15,16)(H,17,18). The number of hydrogen-bond acceptors (Lipinski definition) is 2. The van der Waals surface area contributed by atoms with Crippen molar-refractivity contribution in [2.45, 2.75) is 32.1 Å². The fourth-order valence-corrected chi connectivity index (χ4v) is 2.09. The quantitative estimate of drug-likeness (QED) is 0.790. The summed E-state index contributed by atoms with van der Waals surface area (Å²) in [5.41, 5.74) is -1.46. The van der Waals surface area contributed by atoms with Gasteiger partial charge in [-0.05, 0) is 36.1 Å². The average molecular weight is 254 g/mol. The number of carboxylic acids is 2. The van der Waals surface area contributed by atoms with Crippen molar-refractivity contribution in [2.75, 3.05) is 0 Å². The molecule has 0 radical (unpaired) electrons. The number of aliphatic carboxylic acids is 2. The van der Waals surface area contributed by atoms with Crippen molar-refractivity contribution in [1.82, 2.24) is 0 Å². The van der Waals surface area contributed by atoms with Gasteiger partial charge in [-0.2, -0.15) is 0 Å². The molecule has 18 heavy (non-hydrogen) atoms. The lowest BCUT2D eigenvalue weighted by molar-refractivity contribution is -0.157. The highest BCUT2D eigenvalue weighted by Crippen LogP contribution is 2.32. The van der Waals surface area contributed by atoms with Crippen LogP contribution in [-0.2, 0) is 21.4 Å². The van der Waals surface area contributed by atoms with Gasteiger partial charge in [-0.25, -0.2) is 4.39 Å². The molecule has 1 aromatic carbocycles. The molecule has 0 spiro atoms. The molecule has 4 nitrogen and oxygen atoms in total. The van der Waals surface area contributed by atoms with Gasteiger partial charge in [-0.1, -0.05) is 19.9 Å². The van der Waals surface area contributed by atoms with Crippen molar-refractivity contribution < 1.29 is 24.2 Å². The van der Waals surface area contributed by atoms with E-state index in [1.165, 1.54) is 19.1 Å². The van der Waals surface area contributed by atoms with E-state index in [9.17, 15) is 24.2 Å². The summed E-state index contributed by atoms with van der Waals surface area (Å²) < 4.78 is 13.1. The van der Waals surface area contributed by atoms with Crippen LogP contribution in [-0.4, -0.2) is 22.2 Å². The molecule has 0 atom stereocenters. The molecule has 0 fully saturated rings. The van der Waals surface area contributed by atoms with E-state index in [0.717, 1.165) is 6.07 Å². The van der Waals surface area contributed by atoms with Crippen molar-refractivity contribution in [3.63, 3.8) is 0 Å². The normalized spacial score (nSPS) is 11.3. The van der Waals surface area contributed by atoms with Crippen molar-refractivity contribution in [3.8, 4) is 0 Å². The molecule has 1 rings (SSSR count). The van der Waals surface area contributed by atoms with E-state index in [1.807, 2.05) is 0 Å². The van der Waals surface area contributed by atoms with Crippen molar-refractivity contribution in [2.24, 2.45) is 0 Å². The molecule has 0 bridgehead atoms. The fraction of sp³-hybridized carbons (Fsp3) is 0.385. The molecular formula is C13H15FO4. The summed E-state index contributed by atoms with van der Waals surface area (Å²) in [5, 5.41) is 18.5. The first-order chi connectivity index (χ1) is 8.40. The molecule has 0 aromatic heterocycles. The van der Waals surface area contributed by atoms with Gasteiger partial charge in [0.15, 0.2) is 5.41 Å². The molecule has 2 N–H and O–H groups in total. The van der Waals surface area contributed by atoms with Crippen molar-refractivity contribution in [3.05, 3.63) is 35.1 Å². The first kappa shape index (κ1) is 14.2. The Morgan fingerprint density at radius 1 is 1.22 bits per heavy atom. The number of hydrogen-bond donors (Lipinski definition) is 2. The largest absolute Gasteiger partial charge is 0.480 e. The van der Waals surface area contributed by atoms with Gasteiger partial charge in [0.2, 0.25) is 0 Å². The lowest BCUT2D eigenvalue weighted by Gasteiger charge is -2.26. The predicted molar refractivity (Wildman–Crippen MR) is 63.0 cm³/mol. The zero-order valence-corrected chi connectivity index (χ0v) is 10.2. The molecule has 98 valence electrons. The molecule has 0 heterocycles. The Hall–Kier alpha value is -1.91. The molecule has 0 aliphatic rings. The third-order valence-electron chi connectivity index (χ3n) is 3.17. The molecule has 0 saturated carbocycles. The Morgan fingerprint density at radius 2 is 1.78 bits per heavy atom. The maximum Gasteiger partial charge on any atom is 0.325 e. The van der Waals surface area contributed by atoms with Gasteiger partial charge >= 0.3 is 11.9 Å². The highest BCUT2D eigenvalue weighted by Gasteiger charge is 2.47. The van der Waals surface area contributed by atoms with Gasteiger partial charge in [0.05, 0.1) is 0 Å². The number of carbonyl (C=O) groups is 2. The van der Waals surface area contributed by atoms with E-state index >= 15 is 0 Å². The highest BCUT2D eigenvalue weighted by molar-refractivity contribution is 6.05. The van der Waals surface area contributed by atoms with E-state index in [1.54, 1.807) is 6.92 Å². The van der Waals surface area contributed by atoms with E-state index in [-0.39, 0.29) is 12.0 Å². The molecule has 1 aromatic rings. The maximum atomic E-state index is 13.1. The molecule has 5 heteroatoms. The minimum atomic E-state index is -2.01. The summed E-state index contributed by atoms with van der Waals surface area (Å²) >= 11 is 0. The van der Waals surface area contributed by atoms with Crippen LogP contribution in [0, 0.1) is 5.82 Å². The summed E-state index contributed by atoms with van der Waals surface area (Å²) in [6, 6.07) is 3.52. The first-order valence-corrected chi connectivity index (χ1v) is 5.65. The van der Waals surface area contributed by atoms with Crippen LogP contribution < -0.4 is 0 Å². The van der Waals surface area contributed by atoms with Gasteiger partial charge in [-0.15, -0.1) is 0 Å². The van der Waals surface area contributed by atoms with Crippen LogP contribution in [0.3, 0.4) is 0 Å². The Labute approximate surface area is 104 Å². The van der Waals surface area contributed by atoms with Crippen LogP contribution in [0.2, 0.25) is 0 Å². The average Bonchev–Trinajstić information content (AvgIpc) is 2.31. The number of halogens is 1. The zero-order chi connectivity index (χ0) is 13.9. The van der Waals surface area contributed by atoms with E-state index < -0.39 is 23.2 Å².